The lowest BCUT2D eigenvalue weighted by Gasteiger charge is -2.60. The molecule has 17 heavy (non-hydrogen) atoms. The largest absolute Gasteiger partial charge is 0.465 e. The average Bonchev–Trinajstić information content (AvgIpc) is 2.22. The van der Waals surface area contributed by atoms with Crippen LogP contribution in [0.5, 0.6) is 0 Å². The van der Waals surface area contributed by atoms with Gasteiger partial charge in [-0.05, 0) is 19.3 Å². The van der Waals surface area contributed by atoms with E-state index in [0.29, 0.717) is 6.42 Å². The Morgan fingerprint density at radius 3 is 2.29 bits per heavy atom. The number of carbonyl (C=O) groups is 2. The Kier molecular flexibility index (Phi) is 3.52. The molecule has 2 N–H and O–H groups in total. The molecule has 1 heterocycles. The highest BCUT2D eigenvalue weighted by atomic mass is 16.4. The summed E-state index contributed by atoms with van der Waals surface area (Å²) in [6.07, 6.45) is -0.498. The maximum atomic E-state index is 12.0. The Balaban J connectivity index is 3.04. The van der Waals surface area contributed by atoms with Crippen molar-refractivity contribution in [1.29, 1.82) is 0 Å². The quantitative estimate of drug-likeness (QED) is 0.784. The normalized spacial score (nSPS) is 32.5. The maximum Gasteiger partial charge on any atom is 0.408 e. The predicted molar refractivity (Wildman–Crippen MR) is 62.8 cm³/mol. The number of hydrogen-bond donors (Lipinski definition) is 2. The number of carbonyl (C=O) groups excluding carboxylic acids is 1. The van der Waals surface area contributed by atoms with Crippen LogP contribution in [-0.2, 0) is 4.79 Å². The predicted octanol–water partition coefficient (Wildman–Crippen LogP) is 1.49. The monoisotopic (exact) mass is 243 g/mol. The van der Waals surface area contributed by atoms with E-state index in [-0.39, 0.29) is 24.7 Å². The molecule has 98 valence electrons. The van der Waals surface area contributed by atoms with E-state index in [0.717, 1.165) is 4.90 Å². The SMILES string of the molecule is CCC(=O)C1(C)N(C(=O)O)CC1(O)CC(C)C. The number of hydrogen-bond acceptors (Lipinski definition) is 3. The van der Waals surface area contributed by atoms with Gasteiger partial charge in [0.05, 0.1) is 6.54 Å². The van der Waals surface area contributed by atoms with Gasteiger partial charge in [-0.1, -0.05) is 20.8 Å². The minimum Gasteiger partial charge on any atom is -0.465 e. The lowest BCUT2D eigenvalue weighted by molar-refractivity contribution is -0.202. The zero-order valence-corrected chi connectivity index (χ0v) is 10.9. The molecule has 0 aliphatic carbocycles. The highest BCUT2D eigenvalue weighted by molar-refractivity contribution is 5.94. The molecular weight excluding hydrogens is 222 g/mol. The fourth-order valence-corrected chi connectivity index (χ4v) is 2.69. The van der Waals surface area contributed by atoms with E-state index in [4.69, 9.17) is 5.11 Å². The van der Waals surface area contributed by atoms with Crippen molar-refractivity contribution in [2.24, 2.45) is 5.92 Å². The van der Waals surface area contributed by atoms with Crippen LogP contribution in [0.4, 0.5) is 4.79 Å². The molecule has 1 rings (SSSR count). The maximum absolute atomic E-state index is 12.0. The fraction of sp³-hybridized carbons (Fsp3) is 0.833. The van der Waals surface area contributed by atoms with Gasteiger partial charge in [0.25, 0.3) is 0 Å². The molecule has 2 unspecified atom stereocenters. The number of likely N-dealkylation sites (tertiary alicyclic amines) is 1. The summed E-state index contributed by atoms with van der Waals surface area (Å²) < 4.78 is 0. The molecule has 0 spiro atoms. The Hall–Kier alpha value is -1.10. The first-order valence-corrected chi connectivity index (χ1v) is 5.95. The minimum atomic E-state index is -1.29. The summed E-state index contributed by atoms with van der Waals surface area (Å²) in [6, 6.07) is 0. The Labute approximate surface area is 101 Å². The number of amides is 1. The van der Waals surface area contributed by atoms with Crippen LogP contribution < -0.4 is 0 Å². The van der Waals surface area contributed by atoms with Gasteiger partial charge in [0.2, 0.25) is 0 Å². The van der Waals surface area contributed by atoms with E-state index < -0.39 is 17.2 Å². The summed E-state index contributed by atoms with van der Waals surface area (Å²) in [7, 11) is 0. The highest BCUT2D eigenvalue weighted by Gasteiger charge is 2.66. The standard InChI is InChI=1S/C12H21NO4/c1-5-9(14)11(4)12(17,6-8(2)3)7-13(11)10(15)16/h8,17H,5-7H2,1-4H3,(H,15,16). The first-order valence-electron chi connectivity index (χ1n) is 5.95. The van der Waals surface area contributed by atoms with Crippen LogP contribution in [0.15, 0.2) is 0 Å². The topological polar surface area (TPSA) is 77.8 Å². The molecule has 2 atom stereocenters. The van der Waals surface area contributed by atoms with Gasteiger partial charge in [0, 0.05) is 6.42 Å². The molecule has 0 aromatic rings. The molecule has 0 aromatic carbocycles. The lowest BCUT2D eigenvalue weighted by atomic mass is 9.65. The molecular formula is C12H21NO4. The van der Waals surface area contributed by atoms with Gasteiger partial charge < -0.3 is 10.2 Å². The average molecular weight is 243 g/mol. The van der Waals surface area contributed by atoms with Crippen LogP contribution in [0.1, 0.15) is 40.5 Å². The number of aliphatic hydroxyl groups is 1. The number of Topliss-reactive ketones (excluding diaryl/α,β-unsaturated/α-hetero) is 1. The van der Waals surface area contributed by atoms with Gasteiger partial charge in [0.1, 0.15) is 11.1 Å². The molecule has 0 bridgehead atoms. The smallest absolute Gasteiger partial charge is 0.408 e. The third kappa shape index (κ3) is 1.92. The number of β-amino-alcohol motifs (C(OH)–C–C–N with tert-alkyl or cyclic N) is 1. The van der Waals surface area contributed by atoms with E-state index in [1.807, 2.05) is 13.8 Å². The van der Waals surface area contributed by atoms with Crippen molar-refractivity contribution >= 4 is 11.9 Å². The second-order valence-electron chi connectivity index (χ2n) is 5.35. The molecule has 1 fully saturated rings. The van der Waals surface area contributed by atoms with Crippen molar-refractivity contribution in [3.05, 3.63) is 0 Å². The van der Waals surface area contributed by atoms with Crippen LogP contribution in [0.2, 0.25) is 0 Å². The van der Waals surface area contributed by atoms with Crippen molar-refractivity contribution in [3.8, 4) is 0 Å². The third-order valence-corrected chi connectivity index (χ3v) is 3.71. The zero-order chi connectivity index (χ0) is 13.4. The summed E-state index contributed by atoms with van der Waals surface area (Å²) in [5.41, 5.74) is -2.52. The van der Waals surface area contributed by atoms with E-state index in [2.05, 4.69) is 0 Å². The highest BCUT2D eigenvalue weighted by Crippen LogP contribution is 2.45. The molecule has 5 heteroatoms. The van der Waals surface area contributed by atoms with E-state index >= 15 is 0 Å². The second kappa shape index (κ2) is 4.29. The van der Waals surface area contributed by atoms with Crippen molar-refractivity contribution in [1.82, 2.24) is 4.90 Å². The lowest BCUT2D eigenvalue weighted by Crippen LogP contribution is -2.81. The van der Waals surface area contributed by atoms with Gasteiger partial charge in [-0.15, -0.1) is 0 Å². The Bertz CT molecular complexity index is 341. The van der Waals surface area contributed by atoms with Crippen molar-refractivity contribution in [3.63, 3.8) is 0 Å². The number of carboxylic acid groups (broad SMARTS) is 1. The summed E-state index contributed by atoms with van der Waals surface area (Å²) in [5.74, 6) is -0.0192. The molecule has 1 saturated heterocycles. The number of nitrogens with zero attached hydrogens (tertiary/aromatic N) is 1. The van der Waals surface area contributed by atoms with E-state index in [1.165, 1.54) is 6.92 Å². The van der Waals surface area contributed by atoms with Crippen molar-refractivity contribution in [2.45, 2.75) is 51.7 Å². The Morgan fingerprint density at radius 2 is 1.94 bits per heavy atom. The summed E-state index contributed by atoms with van der Waals surface area (Å²) in [6.45, 7) is 7.11. The van der Waals surface area contributed by atoms with E-state index in [1.54, 1.807) is 6.92 Å². The summed E-state index contributed by atoms with van der Waals surface area (Å²) in [4.78, 5) is 24.1. The molecule has 1 aliphatic heterocycles. The van der Waals surface area contributed by atoms with Crippen LogP contribution in [-0.4, -0.2) is 44.7 Å². The number of ketones is 1. The molecule has 5 nitrogen and oxygen atoms in total. The Morgan fingerprint density at radius 1 is 1.41 bits per heavy atom. The molecule has 0 aromatic heterocycles. The second-order valence-corrected chi connectivity index (χ2v) is 5.35. The zero-order valence-electron chi connectivity index (χ0n) is 10.9. The molecule has 1 aliphatic rings. The molecule has 1 amide bonds. The number of rotatable bonds is 4. The van der Waals surface area contributed by atoms with Crippen LogP contribution >= 0.6 is 0 Å². The molecule has 0 saturated carbocycles. The van der Waals surface area contributed by atoms with Crippen LogP contribution in [0.3, 0.4) is 0 Å². The van der Waals surface area contributed by atoms with Gasteiger partial charge in [-0.2, -0.15) is 0 Å². The first-order chi connectivity index (χ1) is 7.69. The third-order valence-electron chi connectivity index (χ3n) is 3.71. The van der Waals surface area contributed by atoms with Gasteiger partial charge >= 0.3 is 6.09 Å². The van der Waals surface area contributed by atoms with Crippen LogP contribution in [0, 0.1) is 5.92 Å². The van der Waals surface area contributed by atoms with Crippen molar-refractivity contribution in [2.75, 3.05) is 6.54 Å². The first kappa shape index (κ1) is 14.0. The van der Waals surface area contributed by atoms with E-state index in [9.17, 15) is 14.7 Å². The summed E-state index contributed by atoms with van der Waals surface area (Å²) in [5, 5.41) is 19.5. The van der Waals surface area contributed by atoms with Crippen LogP contribution in [0.25, 0.3) is 0 Å². The fourth-order valence-electron chi connectivity index (χ4n) is 2.69. The summed E-state index contributed by atoms with van der Waals surface area (Å²) >= 11 is 0. The van der Waals surface area contributed by atoms with Gasteiger partial charge in [0.15, 0.2) is 5.78 Å². The minimum absolute atomic E-state index is 0.0166. The van der Waals surface area contributed by atoms with Gasteiger partial charge in [-0.25, -0.2) is 4.79 Å². The van der Waals surface area contributed by atoms with Gasteiger partial charge in [-0.3, -0.25) is 9.69 Å². The molecule has 0 radical (unpaired) electrons. The van der Waals surface area contributed by atoms with Crippen molar-refractivity contribution < 1.29 is 19.8 Å².